The molecule has 0 spiro atoms. The van der Waals surface area contributed by atoms with Crippen molar-refractivity contribution in [2.45, 2.75) is 12.5 Å². The fourth-order valence-electron chi connectivity index (χ4n) is 2.10. The third-order valence-corrected chi connectivity index (χ3v) is 3.38. The Morgan fingerprint density at radius 1 is 1.19 bits per heavy atom. The summed E-state index contributed by atoms with van der Waals surface area (Å²) in [5.41, 5.74) is 1.17. The second kappa shape index (κ2) is 7.06. The van der Waals surface area contributed by atoms with E-state index in [-0.39, 0.29) is 23.4 Å². The first-order chi connectivity index (χ1) is 10.1. The van der Waals surface area contributed by atoms with Gasteiger partial charge in [0.25, 0.3) is 0 Å². The fourth-order valence-corrected chi connectivity index (χ4v) is 2.34. The van der Waals surface area contributed by atoms with E-state index in [1.54, 1.807) is 12.1 Å². The van der Waals surface area contributed by atoms with Gasteiger partial charge in [-0.25, -0.2) is 0 Å². The van der Waals surface area contributed by atoms with Gasteiger partial charge in [0.05, 0.1) is 17.6 Å². The van der Waals surface area contributed by atoms with Crippen LogP contribution in [0.15, 0.2) is 48.5 Å². The molecule has 2 aromatic carbocycles. The number of hydrogen-bond donors (Lipinski definition) is 2. The topological polar surface area (TPSA) is 75.4 Å². The lowest BCUT2D eigenvalue weighted by atomic mass is 10.1. The molecule has 0 aliphatic rings. The number of nitrogens with one attached hydrogen (secondary N) is 1. The van der Waals surface area contributed by atoms with Crippen LogP contribution in [0.4, 0.5) is 11.4 Å². The van der Waals surface area contributed by atoms with Crippen LogP contribution < -0.4 is 5.32 Å². The first kappa shape index (κ1) is 15.3. The van der Waals surface area contributed by atoms with Crippen molar-refractivity contribution in [1.82, 2.24) is 0 Å². The lowest BCUT2D eigenvalue weighted by Crippen LogP contribution is -2.26. The number of halogens is 1. The van der Waals surface area contributed by atoms with E-state index in [4.69, 9.17) is 11.6 Å². The van der Waals surface area contributed by atoms with E-state index in [0.717, 1.165) is 5.56 Å². The van der Waals surface area contributed by atoms with Gasteiger partial charge in [-0.15, -0.1) is 0 Å². The molecule has 2 rings (SSSR count). The molecule has 0 saturated carbocycles. The smallest absolute Gasteiger partial charge is 0.310 e. The fraction of sp³-hybridized carbons (Fsp3) is 0.200. The monoisotopic (exact) mass is 306 g/mol. The van der Waals surface area contributed by atoms with Crippen LogP contribution >= 0.6 is 11.6 Å². The summed E-state index contributed by atoms with van der Waals surface area (Å²) in [6.07, 6.45) is 0.557. The minimum atomic E-state index is -0.526. The number of aliphatic hydroxyl groups excluding tert-OH is 1. The Hall–Kier alpha value is -2.11. The third kappa shape index (κ3) is 3.93. The highest BCUT2D eigenvalue weighted by Crippen LogP contribution is 2.32. The predicted octanol–water partition coefficient (Wildman–Crippen LogP) is 3.26. The van der Waals surface area contributed by atoms with Gasteiger partial charge in [0.1, 0.15) is 10.7 Å². The standard InChI is InChI=1S/C15H15ClN2O3/c16-13-7-4-8-14(15(13)18(20)21)17-12(10-19)9-11-5-2-1-3-6-11/h1-8,12,17,19H,9-10H2. The maximum Gasteiger partial charge on any atom is 0.310 e. The van der Waals surface area contributed by atoms with Crippen molar-refractivity contribution in [2.75, 3.05) is 11.9 Å². The van der Waals surface area contributed by atoms with Gasteiger partial charge in [-0.1, -0.05) is 48.0 Å². The molecular weight excluding hydrogens is 292 g/mol. The Labute approximate surface area is 127 Å². The molecule has 6 heteroatoms. The Morgan fingerprint density at radius 3 is 2.52 bits per heavy atom. The molecule has 2 N–H and O–H groups in total. The molecule has 0 amide bonds. The first-order valence-electron chi connectivity index (χ1n) is 6.46. The zero-order valence-corrected chi connectivity index (χ0v) is 12.0. The van der Waals surface area contributed by atoms with E-state index in [2.05, 4.69) is 5.32 Å². The highest BCUT2D eigenvalue weighted by atomic mass is 35.5. The van der Waals surface area contributed by atoms with Gasteiger partial charge in [0.2, 0.25) is 0 Å². The van der Waals surface area contributed by atoms with Gasteiger partial charge < -0.3 is 10.4 Å². The van der Waals surface area contributed by atoms with Gasteiger partial charge in [0.15, 0.2) is 0 Å². The number of nitro groups is 1. The van der Waals surface area contributed by atoms with Crippen molar-refractivity contribution in [3.63, 3.8) is 0 Å². The predicted molar refractivity (Wildman–Crippen MR) is 82.7 cm³/mol. The molecule has 0 saturated heterocycles. The molecule has 1 atom stereocenters. The normalized spacial score (nSPS) is 11.9. The Morgan fingerprint density at radius 2 is 1.90 bits per heavy atom. The van der Waals surface area contributed by atoms with Gasteiger partial charge in [-0.2, -0.15) is 0 Å². The quantitative estimate of drug-likeness (QED) is 0.634. The highest BCUT2D eigenvalue weighted by Gasteiger charge is 2.20. The molecule has 0 heterocycles. The summed E-state index contributed by atoms with van der Waals surface area (Å²) in [6.45, 7) is -0.140. The van der Waals surface area contributed by atoms with Crippen molar-refractivity contribution in [1.29, 1.82) is 0 Å². The summed E-state index contributed by atoms with van der Waals surface area (Å²) in [5.74, 6) is 0. The molecule has 2 aromatic rings. The van der Waals surface area contributed by atoms with E-state index in [9.17, 15) is 15.2 Å². The SMILES string of the molecule is O=[N+]([O-])c1c(Cl)cccc1NC(CO)Cc1ccccc1. The van der Waals surface area contributed by atoms with E-state index in [1.807, 2.05) is 30.3 Å². The summed E-state index contributed by atoms with van der Waals surface area (Å²) in [6, 6.07) is 14.0. The lowest BCUT2D eigenvalue weighted by molar-refractivity contribution is -0.383. The summed E-state index contributed by atoms with van der Waals surface area (Å²) >= 11 is 5.87. The van der Waals surface area contributed by atoms with Gasteiger partial charge in [-0.3, -0.25) is 10.1 Å². The molecule has 0 bridgehead atoms. The lowest BCUT2D eigenvalue weighted by Gasteiger charge is -2.18. The minimum Gasteiger partial charge on any atom is -0.394 e. The van der Waals surface area contributed by atoms with Crippen LogP contribution in [0, 0.1) is 10.1 Å². The maximum absolute atomic E-state index is 11.1. The highest BCUT2D eigenvalue weighted by molar-refractivity contribution is 6.33. The molecule has 21 heavy (non-hydrogen) atoms. The van der Waals surface area contributed by atoms with Crippen LogP contribution in [0.25, 0.3) is 0 Å². The Bertz CT molecular complexity index is 620. The van der Waals surface area contributed by atoms with Gasteiger partial charge in [-0.05, 0) is 24.1 Å². The Kier molecular flexibility index (Phi) is 5.14. The van der Waals surface area contributed by atoms with Crippen LogP contribution in [0.1, 0.15) is 5.56 Å². The number of benzene rings is 2. The minimum absolute atomic E-state index is 0.0707. The summed E-state index contributed by atoms with van der Waals surface area (Å²) in [5, 5.41) is 23.6. The van der Waals surface area contributed by atoms with Crippen LogP contribution in [0.3, 0.4) is 0 Å². The number of hydrogen-bond acceptors (Lipinski definition) is 4. The zero-order chi connectivity index (χ0) is 15.2. The van der Waals surface area contributed by atoms with Crippen molar-refractivity contribution in [3.8, 4) is 0 Å². The van der Waals surface area contributed by atoms with Gasteiger partial charge in [0, 0.05) is 0 Å². The Balaban J connectivity index is 2.19. The molecule has 0 aromatic heterocycles. The van der Waals surface area contributed by atoms with E-state index in [0.29, 0.717) is 12.1 Å². The second-order valence-electron chi connectivity index (χ2n) is 4.61. The van der Waals surface area contributed by atoms with Crippen LogP contribution in [0.5, 0.6) is 0 Å². The van der Waals surface area contributed by atoms with Crippen LogP contribution in [0.2, 0.25) is 5.02 Å². The zero-order valence-electron chi connectivity index (χ0n) is 11.2. The van der Waals surface area contributed by atoms with Crippen LogP contribution in [-0.4, -0.2) is 22.7 Å². The average molecular weight is 307 g/mol. The molecule has 1 unspecified atom stereocenters. The molecule has 110 valence electrons. The molecule has 5 nitrogen and oxygen atoms in total. The van der Waals surface area contributed by atoms with Crippen molar-refractivity contribution < 1.29 is 10.0 Å². The summed E-state index contributed by atoms with van der Waals surface area (Å²) < 4.78 is 0. The van der Waals surface area contributed by atoms with Crippen molar-refractivity contribution in [3.05, 3.63) is 69.2 Å². The number of anilines is 1. The van der Waals surface area contributed by atoms with E-state index in [1.165, 1.54) is 6.07 Å². The maximum atomic E-state index is 11.1. The van der Waals surface area contributed by atoms with E-state index >= 15 is 0 Å². The largest absolute Gasteiger partial charge is 0.394 e. The molecule has 0 aliphatic carbocycles. The van der Waals surface area contributed by atoms with Crippen molar-refractivity contribution in [2.24, 2.45) is 0 Å². The molecule has 0 radical (unpaired) electrons. The molecule has 0 fully saturated rings. The van der Waals surface area contributed by atoms with E-state index < -0.39 is 4.92 Å². The average Bonchev–Trinajstić information content (AvgIpc) is 2.47. The number of para-hydroxylation sites is 1. The molecule has 0 aliphatic heterocycles. The number of nitrogens with zero attached hydrogens (tertiary/aromatic N) is 1. The van der Waals surface area contributed by atoms with Gasteiger partial charge >= 0.3 is 5.69 Å². The molecular formula is C15H15ClN2O3. The second-order valence-corrected chi connectivity index (χ2v) is 5.01. The number of rotatable bonds is 6. The number of nitro benzene ring substituents is 1. The number of aliphatic hydroxyl groups is 1. The summed E-state index contributed by atoms with van der Waals surface area (Å²) in [4.78, 5) is 10.6. The summed E-state index contributed by atoms with van der Waals surface area (Å²) in [7, 11) is 0. The van der Waals surface area contributed by atoms with Crippen molar-refractivity contribution >= 4 is 23.0 Å². The third-order valence-electron chi connectivity index (χ3n) is 3.07. The van der Waals surface area contributed by atoms with Crippen LogP contribution in [-0.2, 0) is 6.42 Å². The first-order valence-corrected chi connectivity index (χ1v) is 6.84.